The molecule has 0 saturated heterocycles. The Morgan fingerprint density at radius 2 is 2.31 bits per heavy atom. The van der Waals surface area contributed by atoms with Crippen LogP contribution in [0.2, 0.25) is 0 Å². The van der Waals surface area contributed by atoms with Crippen molar-refractivity contribution in [1.82, 2.24) is 9.97 Å². The molecule has 0 unspecified atom stereocenters. The highest BCUT2D eigenvalue weighted by Crippen LogP contribution is 1.99. The van der Waals surface area contributed by atoms with Crippen LogP contribution in [0.3, 0.4) is 0 Å². The number of hydrogen-bond donors (Lipinski definition) is 2. The number of nitrogens with zero attached hydrogens (tertiary/aromatic N) is 1. The zero-order valence-corrected chi connectivity index (χ0v) is 8.08. The fourth-order valence-corrected chi connectivity index (χ4v) is 0.783. The van der Waals surface area contributed by atoms with Gasteiger partial charge in [0.2, 0.25) is 0 Å². The van der Waals surface area contributed by atoms with Crippen molar-refractivity contribution in [3.63, 3.8) is 0 Å². The average molecular weight is 184 g/mol. The van der Waals surface area contributed by atoms with Gasteiger partial charge < -0.3 is 10.1 Å². The second kappa shape index (κ2) is 7.49. The number of rotatable bonds is 4. The highest BCUT2D eigenvalue weighted by Gasteiger charge is 2.04. The van der Waals surface area contributed by atoms with Gasteiger partial charge in [0.15, 0.2) is 5.78 Å². The van der Waals surface area contributed by atoms with Crippen LogP contribution in [-0.4, -0.2) is 27.5 Å². The summed E-state index contributed by atoms with van der Waals surface area (Å²) >= 11 is 0. The molecular weight excluding hydrogens is 168 g/mol. The zero-order chi connectivity index (χ0) is 10.1. The van der Waals surface area contributed by atoms with Crippen molar-refractivity contribution in [3.8, 4) is 0 Å². The number of carbonyl (C=O) groups is 1. The summed E-state index contributed by atoms with van der Waals surface area (Å²) in [6.07, 6.45) is 3.84. The van der Waals surface area contributed by atoms with Gasteiger partial charge in [-0.25, -0.2) is 4.98 Å². The molecule has 74 valence electrons. The number of aliphatic hydroxyl groups is 1. The van der Waals surface area contributed by atoms with Crippen LogP contribution in [-0.2, 0) is 0 Å². The van der Waals surface area contributed by atoms with Gasteiger partial charge in [0.05, 0.1) is 12.5 Å². The van der Waals surface area contributed by atoms with Crippen LogP contribution in [0.1, 0.15) is 37.2 Å². The molecule has 0 aliphatic carbocycles. The highest BCUT2D eigenvalue weighted by atomic mass is 16.3. The van der Waals surface area contributed by atoms with Gasteiger partial charge in [0.1, 0.15) is 5.69 Å². The summed E-state index contributed by atoms with van der Waals surface area (Å²) in [5, 5.41) is 8.43. The summed E-state index contributed by atoms with van der Waals surface area (Å²) in [5.41, 5.74) is 0.512. The number of aromatic amines is 1. The molecule has 0 saturated carbocycles. The van der Waals surface area contributed by atoms with Gasteiger partial charge in [-0.3, -0.25) is 4.79 Å². The van der Waals surface area contributed by atoms with E-state index in [1.807, 2.05) is 13.8 Å². The van der Waals surface area contributed by atoms with Gasteiger partial charge in [-0.2, -0.15) is 0 Å². The second-order valence-electron chi connectivity index (χ2n) is 2.22. The monoisotopic (exact) mass is 184 g/mol. The van der Waals surface area contributed by atoms with Gasteiger partial charge in [-0.1, -0.05) is 13.8 Å². The smallest absolute Gasteiger partial charge is 0.180 e. The van der Waals surface area contributed by atoms with Gasteiger partial charge in [0, 0.05) is 13.0 Å². The Kier molecular flexibility index (Phi) is 6.82. The fourth-order valence-electron chi connectivity index (χ4n) is 0.783. The molecule has 0 radical (unpaired) electrons. The molecule has 0 bridgehead atoms. The number of hydrogen-bond acceptors (Lipinski definition) is 3. The van der Waals surface area contributed by atoms with Crippen LogP contribution in [0, 0.1) is 0 Å². The van der Waals surface area contributed by atoms with Crippen LogP contribution in [0.5, 0.6) is 0 Å². The lowest BCUT2D eigenvalue weighted by Gasteiger charge is -1.93. The van der Waals surface area contributed by atoms with Crippen molar-refractivity contribution in [2.45, 2.75) is 26.7 Å². The van der Waals surface area contributed by atoms with Crippen molar-refractivity contribution < 1.29 is 9.90 Å². The fraction of sp³-hybridized carbons (Fsp3) is 0.556. The van der Waals surface area contributed by atoms with Gasteiger partial charge >= 0.3 is 0 Å². The van der Waals surface area contributed by atoms with E-state index in [9.17, 15) is 4.79 Å². The molecule has 1 aromatic rings. The van der Waals surface area contributed by atoms with Gasteiger partial charge in [-0.05, 0) is 6.42 Å². The molecule has 0 aliphatic heterocycles. The minimum Gasteiger partial charge on any atom is -0.396 e. The van der Waals surface area contributed by atoms with Crippen molar-refractivity contribution in [1.29, 1.82) is 0 Å². The molecule has 2 N–H and O–H groups in total. The molecule has 1 rings (SSSR count). The third kappa shape index (κ3) is 4.42. The van der Waals surface area contributed by atoms with Crippen molar-refractivity contribution in [3.05, 3.63) is 18.2 Å². The Hall–Kier alpha value is -1.16. The highest BCUT2D eigenvalue weighted by molar-refractivity contribution is 5.93. The van der Waals surface area contributed by atoms with Crippen molar-refractivity contribution >= 4 is 5.78 Å². The molecular formula is C9H16N2O2. The number of imidazole rings is 1. The van der Waals surface area contributed by atoms with Crippen molar-refractivity contribution in [2.75, 3.05) is 6.61 Å². The third-order valence-corrected chi connectivity index (χ3v) is 1.36. The summed E-state index contributed by atoms with van der Waals surface area (Å²) in [5.74, 6) is -0.00319. The van der Waals surface area contributed by atoms with E-state index >= 15 is 0 Å². The molecule has 4 nitrogen and oxygen atoms in total. The maximum Gasteiger partial charge on any atom is 0.180 e. The van der Waals surface area contributed by atoms with Crippen LogP contribution in [0.25, 0.3) is 0 Å². The van der Waals surface area contributed by atoms with E-state index in [1.54, 1.807) is 0 Å². The second-order valence-corrected chi connectivity index (χ2v) is 2.22. The Morgan fingerprint density at radius 3 is 2.77 bits per heavy atom. The van der Waals surface area contributed by atoms with E-state index in [2.05, 4.69) is 9.97 Å². The largest absolute Gasteiger partial charge is 0.396 e. The van der Waals surface area contributed by atoms with Crippen LogP contribution >= 0.6 is 0 Å². The Morgan fingerprint density at radius 1 is 1.62 bits per heavy atom. The number of aliphatic hydroxyl groups excluding tert-OH is 1. The molecule has 0 aromatic carbocycles. The third-order valence-electron chi connectivity index (χ3n) is 1.36. The topological polar surface area (TPSA) is 66.0 Å². The van der Waals surface area contributed by atoms with Gasteiger partial charge in [-0.15, -0.1) is 0 Å². The van der Waals surface area contributed by atoms with Crippen LogP contribution < -0.4 is 0 Å². The predicted molar refractivity (Wildman–Crippen MR) is 50.6 cm³/mol. The number of Topliss-reactive ketones (excluding diaryl/α,β-unsaturated/α-hetero) is 1. The normalized spacial score (nSPS) is 8.85. The van der Waals surface area contributed by atoms with Crippen LogP contribution in [0.15, 0.2) is 12.5 Å². The van der Waals surface area contributed by atoms with Gasteiger partial charge in [0.25, 0.3) is 0 Å². The van der Waals surface area contributed by atoms with Crippen LogP contribution in [0.4, 0.5) is 0 Å². The minimum atomic E-state index is -0.00319. The Labute approximate surface area is 78.0 Å². The molecule has 0 spiro atoms. The number of H-pyrrole nitrogens is 1. The quantitative estimate of drug-likeness (QED) is 0.695. The summed E-state index contributed by atoms with van der Waals surface area (Å²) in [6.45, 7) is 4.06. The van der Waals surface area contributed by atoms with Crippen molar-refractivity contribution in [2.24, 2.45) is 0 Å². The SMILES string of the molecule is CC.O=C(CCCO)c1cnc[nH]1. The molecule has 0 fully saturated rings. The standard InChI is InChI=1S/C7H10N2O2.C2H6/c10-3-1-2-7(11)6-4-8-5-9-6;1-2/h4-5,10H,1-3H2,(H,8,9);1-2H3. The van der Waals surface area contributed by atoms with E-state index in [1.165, 1.54) is 12.5 Å². The van der Waals surface area contributed by atoms with E-state index in [-0.39, 0.29) is 12.4 Å². The lowest BCUT2D eigenvalue weighted by molar-refractivity contribution is 0.0967. The Bertz CT molecular complexity index is 220. The first kappa shape index (κ1) is 11.8. The lowest BCUT2D eigenvalue weighted by Crippen LogP contribution is -2.00. The molecule has 0 atom stereocenters. The maximum atomic E-state index is 11.1. The molecule has 0 amide bonds. The first-order valence-corrected chi connectivity index (χ1v) is 4.47. The lowest BCUT2D eigenvalue weighted by atomic mass is 10.2. The first-order chi connectivity index (χ1) is 6.34. The summed E-state index contributed by atoms with van der Waals surface area (Å²) in [7, 11) is 0. The minimum absolute atomic E-state index is 0.00319. The van der Waals surface area contributed by atoms with E-state index < -0.39 is 0 Å². The number of nitrogens with one attached hydrogen (secondary N) is 1. The number of carbonyl (C=O) groups excluding carboxylic acids is 1. The average Bonchev–Trinajstić information content (AvgIpc) is 2.70. The maximum absolute atomic E-state index is 11.1. The first-order valence-electron chi connectivity index (χ1n) is 4.47. The number of ketones is 1. The predicted octanol–water partition coefficient (Wildman–Crippen LogP) is 1.39. The molecule has 1 aromatic heterocycles. The summed E-state index contributed by atoms with van der Waals surface area (Å²) < 4.78 is 0. The van der Waals surface area contributed by atoms with E-state index in [0.717, 1.165) is 0 Å². The van der Waals surface area contributed by atoms with E-state index in [4.69, 9.17) is 5.11 Å². The molecule has 0 aliphatic rings. The Balaban J connectivity index is 0.000000671. The molecule has 1 heterocycles. The summed E-state index contributed by atoms with van der Waals surface area (Å²) in [4.78, 5) is 17.5. The van der Waals surface area contributed by atoms with E-state index in [0.29, 0.717) is 18.5 Å². The number of aromatic nitrogens is 2. The molecule has 4 heteroatoms. The summed E-state index contributed by atoms with van der Waals surface area (Å²) in [6, 6.07) is 0. The molecule has 13 heavy (non-hydrogen) atoms. The zero-order valence-electron chi connectivity index (χ0n) is 8.08.